The number of nitriles is 1. The van der Waals surface area contributed by atoms with E-state index < -0.39 is 0 Å². The van der Waals surface area contributed by atoms with Crippen LogP contribution in [0, 0.1) is 11.3 Å². The molecule has 82 valence electrons. The van der Waals surface area contributed by atoms with Crippen molar-refractivity contribution < 1.29 is 4.74 Å². The molecule has 0 heterocycles. The predicted octanol–water partition coefficient (Wildman–Crippen LogP) is 0.196. The summed E-state index contributed by atoms with van der Waals surface area (Å²) in [7, 11) is 0. The van der Waals surface area contributed by atoms with Crippen LogP contribution in [0.1, 0.15) is 5.56 Å². The first-order chi connectivity index (χ1) is 7.72. The minimum atomic E-state index is -0.0924. The third-order valence-corrected chi connectivity index (χ3v) is 1.56. The molecule has 0 aliphatic carbocycles. The first kappa shape index (κ1) is 11.5. The quantitative estimate of drug-likeness (QED) is 0.426. The molecule has 1 rings (SSSR count). The summed E-state index contributed by atoms with van der Waals surface area (Å²) in [6, 6.07) is 8.90. The number of ether oxygens (including phenoxy) is 1. The summed E-state index contributed by atoms with van der Waals surface area (Å²) in [5.41, 5.74) is 11.0. The average Bonchev–Trinajstić information content (AvgIpc) is 2.27. The lowest BCUT2D eigenvalue weighted by Gasteiger charge is -2.00. The van der Waals surface area contributed by atoms with Crippen molar-refractivity contribution in [3.8, 4) is 11.8 Å². The van der Waals surface area contributed by atoms with Gasteiger partial charge in [0, 0.05) is 0 Å². The van der Waals surface area contributed by atoms with Crippen molar-refractivity contribution in [1.82, 2.24) is 0 Å². The normalized spacial score (nSPS) is 9.69. The van der Waals surface area contributed by atoms with Gasteiger partial charge in [-0.05, 0) is 29.8 Å². The Hall–Kier alpha value is -2.55. The largest absolute Gasteiger partial charge is 0.479 e. The maximum atomic E-state index is 8.32. The minimum Gasteiger partial charge on any atom is -0.479 e. The van der Waals surface area contributed by atoms with E-state index in [2.05, 4.69) is 10.2 Å². The highest BCUT2D eigenvalue weighted by molar-refractivity contribution is 5.81. The fraction of sp³-hybridized carbons (Fsp3) is 0.100. The maximum Gasteiger partial charge on any atom is 0.211 e. The topological polar surface area (TPSA) is 110 Å². The van der Waals surface area contributed by atoms with Crippen LogP contribution < -0.4 is 16.2 Å². The smallest absolute Gasteiger partial charge is 0.211 e. The van der Waals surface area contributed by atoms with E-state index >= 15 is 0 Å². The van der Waals surface area contributed by atoms with E-state index in [1.54, 1.807) is 24.3 Å². The van der Waals surface area contributed by atoms with Gasteiger partial charge in [0.25, 0.3) is 0 Å². The molecular weight excluding hydrogens is 206 g/mol. The number of guanidine groups is 1. The van der Waals surface area contributed by atoms with Crippen molar-refractivity contribution in [2.45, 2.75) is 0 Å². The van der Waals surface area contributed by atoms with Gasteiger partial charge in [0.2, 0.25) is 5.96 Å². The predicted molar refractivity (Wildman–Crippen MR) is 61.0 cm³/mol. The Labute approximate surface area is 92.8 Å². The number of rotatable bonds is 4. The standard InChI is InChI=1S/C10H11N5O/c11-5-6-16-9-3-1-8(2-4-9)7-14-15-10(12)13/h1-4,7H,6H2,(H4,12,13,15)/b14-7+. The molecule has 1 aromatic rings. The molecule has 6 nitrogen and oxygen atoms in total. The summed E-state index contributed by atoms with van der Waals surface area (Å²) in [5.74, 6) is 0.533. The Morgan fingerprint density at radius 3 is 2.62 bits per heavy atom. The van der Waals surface area contributed by atoms with E-state index in [0.717, 1.165) is 5.56 Å². The Kier molecular flexibility index (Phi) is 4.34. The third kappa shape index (κ3) is 4.11. The zero-order chi connectivity index (χ0) is 11.8. The summed E-state index contributed by atoms with van der Waals surface area (Å²) in [5, 5.41) is 15.4. The molecule has 0 saturated carbocycles. The Balaban J connectivity index is 2.61. The average molecular weight is 217 g/mol. The van der Waals surface area contributed by atoms with E-state index in [4.69, 9.17) is 21.5 Å². The van der Waals surface area contributed by atoms with Gasteiger partial charge in [0.1, 0.15) is 11.8 Å². The molecule has 0 fully saturated rings. The molecule has 0 spiro atoms. The lowest BCUT2D eigenvalue weighted by Crippen LogP contribution is -2.21. The second-order valence-electron chi connectivity index (χ2n) is 2.79. The molecular formula is C10H11N5O. The highest BCUT2D eigenvalue weighted by Crippen LogP contribution is 2.10. The number of nitrogens with two attached hydrogens (primary N) is 2. The van der Waals surface area contributed by atoms with Crippen LogP contribution in [0.15, 0.2) is 34.5 Å². The molecule has 0 aromatic heterocycles. The van der Waals surface area contributed by atoms with E-state index in [9.17, 15) is 0 Å². The van der Waals surface area contributed by atoms with Crippen LogP contribution in [0.3, 0.4) is 0 Å². The van der Waals surface area contributed by atoms with Crippen LogP contribution in [-0.4, -0.2) is 18.8 Å². The molecule has 6 heteroatoms. The molecule has 0 atom stereocenters. The summed E-state index contributed by atoms with van der Waals surface area (Å²) >= 11 is 0. The first-order valence-electron chi connectivity index (χ1n) is 4.44. The fourth-order valence-electron chi connectivity index (χ4n) is 0.928. The molecule has 16 heavy (non-hydrogen) atoms. The number of benzene rings is 1. The van der Waals surface area contributed by atoms with Gasteiger partial charge in [0.05, 0.1) is 6.21 Å². The van der Waals surface area contributed by atoms with Gasteiger partial charge >= 0.3 is 0 Å². The summed E-state index contributed by atoms with van der Waals surface area (Å²) in [4.78, 5) is 0. The van der Waals surface area contributed by atoms with Crippen molar-refractivity contribution in [3.05, 3.63) is 29.8 Å². The van der Waals surface area contributed by atoms with Crippen molar-refractivity contribution in [2.75, 3.05) is 6.61 Å². The van der Waals surface area contributed by atoms with Gasteiger partial charge in [0.15, 0.2) is 6.61 Å². The van der Waals surface area contributed by atoms with Crippen LogP contribution in [-0.2, 0) is 0 Å². The number of hydrogen-bond donors (Lipinski definition) is 2. The monoisotopic (exact) mass is 217 g/mol. The summed E-state index contributed by atoms with van der Waals surface area (Å²) in [6.45, 7) is 0.0292. The Morgan fingerprint density at radius 1 is 1.38 bits per heavy atom. The summed E-state index contributed by atoms with van der Waals surface area (Å²) in [6.07, 6.45) is 1.51. The molecule has 0 saturated heterocycles. The van der Waals surface area contributed by atoms with Crippen molar-refractivity contribution in [2.24, 2.45) is 21.7 Å². The van der Waals surface area contributed by atoms with E-state index in [-0.39, 0.29) is 12.6 Å². The van der Waals surface area contributed by atoms with Gasteiger partial charge in [-0.3, -0.25) is 0 Å². The van der Waals surface area contributed by atoms with Crippen molar-refractivity contribution in [1.29, 1.82) is 5.26 Å². The number of nitrogens with zero attached hydrogens (tertiary/aromatic N) is 3. The van der Waals surface area contributed by atoms with Gasteiger partial charge in [-0.25, -0.2) is 0 Å². The molecule has 0 amide bonds. The molecule has 0 aliphatic rings. The van der Waals surface area contributed by atoms with E-state index in [1.165, 1.54) is 6.21 Å². The van der Waals surface area contributed by atoms with Crippen molar-refractivity contribution in [3.63, 3.8) is 0 Å². The van der Waals surface area contributed by atoms with E-state index in [0.29, 0.717) is 5.75 Å². The molecule has 1 aromatic carbocycles. The molecule has 0 unspecified atom stereocenters. The van der Waals surface area contributed by atoms with Gasteiger partial charge in [-0.15, -0.1) is 5.10 Å². The van der Waals surface area contributed by atoms with Crippen LogP contribution >= 0.6 is 0 Å². The van der Waals surface area contributed by atoms with Crippen LogP contribution in [0.2, 0.25) is 0 Å². The van der Waals surface area contributed by atoms with E-state index in [1.807, 2.05) is 6.07 Å². The molecule has 0 bridgehead atoms. The lowest BCUT2D eigenvalue weighted by atomic mass is 10.2. The van der Waals surface area contributed by atoms with Gasteiger partial charge in [-0.2, -0.15) is 10.4 Å². The minimum absolute atomic E-state index is 0.0292. The molecule has 0 radical (unpaired) electrons. The van der Waals surface area contributed by atoms with Crippen LogP contribution in [0.25, 0.3) is 0 Å². The second kappa shape index (κ2) is 6.03. The Bertz CT molecular complexity index is 426. The maximum absolute atomic E-state index is 8.32. The SMILES string of the molecule is N#CCOc1ccc(/C=N/N=C(N)N)cc1. The Morgan fingerprint density at radius 2 is 2.06 bits per heavy atom. The zero-order valence-corrected chi connectivity index (χ0v) is 8.50. The third-order valence-electron chi connectivity index (χ3n) is 1.56. The zero-order valence-electron chi connectivity index (χ0n) is 8.50. The fourth-order valence-corrected chi connectivity index (χ4v) is 0.928. The van der Waals surface area contributed by atoms with Gasteiger partial charge < -0.3 is 16.2 Å². The lowest BCUT2D eigenvalue weighted by molar-refractivity contribution is 0.368. The molecule has 4 N–H and O–H groups in total. The van der Waals surface area contributed by atoms with Crippen LogP contribution in [0.5, 0.6) is 5.75 Å². The highest BCUT2D eigenvalue weighted by Gasteiger charge is 1.92. The van der Waals surface area contributed by atoms with Gasteiger partial charge in [-0.1, -0.05) is 0 Å². The summed E-state index contributed by atoms with van der Waals surface area (Å²) < 4.78 is 5.08. The van der Waals surface area contributed by atoms with Crippen molar-refractivity contribution >= 4 is 12.2 Å². The first-order valence-corrected chi connectivity index (χ1v) is 4.44. The molecule has 0 aliphatic heterocycles. The second-order valence-corrected chi connectivity index (χ2v) is 2.79. The highest BCUT2D eigenvalue weighted by atomic mass is 16.5. The van der Waals surface area contributed by atoms with Crippen LogP contribution in [0.4, 0.5) is 0 Å². The number of hydrogen-bond acceptors (Lipinski definition) is 4.